The highest BCUT2D eigenvalue weighted by Gasteiger charge is 2.15. The van der Waals surface area contributed by atoms with E-state index in [1.165, 1.54) is 26.2 Å². The Morgan fingerprint density at radius 3 is 2.90 bits per heavy atom. The van der Waals surface area contributed by atoms with E-state index in [0.717, 1.165) is 36.2 Å². The van der Waals surface area contributed by atoms with Gasteiger partial charge >= 0.3 is 0 Å². The van der Waals surface area contributed by atoms with Gasteiger partial charge in [-0.25, -0.2) is 0 Å². The van der Waals surface area contributed by atoms with Crippen LogP contribution in [0.25, 0.3) is 4.96 Å². The number of nitrogens with one attached hydrogen (secondary N) is 1. The van der Waals surface area contributed by atoms with Crippen LogP contribution in [0.15, 0.2) is 11.6 Å². The van der Waals surface area contributed by atoms with Crippen molar-refractivity contribution in [3.05, 3.63) is 17.3 Å². The lowest BCUT2D eigenvalue weighted by atomic mass is 10.3. The Balaban J connectivity index is 1.49. The molecule has 0 radical (unpaired) electrons. The number of hydrogen-bond acceptors (Lipinski definition) is 6. The number of ether oxygens (including phenoxy) is 1. The zero-order valence-corrected chi connectivity index (χ0v) is 13.5. The SMILES string of the molecule is COc1nc2sccn2c1CNCCN1CCN(C)CC1. The van der Waals surface area contributed by atoms with Gasteiger partial charge in [0.1, 0.15) is 5.69 Å². The Hall–Kier alpha value is -1.15. The van der Waals surface area contributed by atoms with E-state index < -0.39 is 0 Å². The number of nitrogens with zero attached hydrogens (tertiary/aromatic N) is 4. The summed E-state index contributed by atoms with van der Waals surface area (Å²) in [4.78, 5) is 10.4. The highest BCUT2D eigenvalue weighted by Crippen LogP contribution is 2.22. The maximum absolute atomic E-state index is 5.37. The molecule has 1 aliphatic heterocycles. The molecule has 2 aromatic heterocycles. The maximum Gasteiger partial charge on any atom is 0.237 e. The molecule has 0 amide bonds. The van der Waals surface area contributed by atoms with Crippen LogP contribution >= 0.6 is 11.3 Å². The first-order valence-corrected chi connectivity index (χ1v) is 8.26. The summed E-state index contributed by atoms with van der Waals surface area (Å²) in [7, 11) is 3.87. The molecule has 0 saturated carbocycles. The summed E-state index contributed by atoms with van der Waals surface area (Å²) in [5.41, 5.74) is 1.10. The molecule has 6 nitrogen and oxygen atoms in total. The number of methoxy groups -OCH3 is 1. The summed E-state index contributed by atoms with van der Waals surface area (Å²) < 4.78 is 7.47. The van der Waals surface area contributed by atoms with Gasteiger partial charge in [-0.3, -0.25) is 9.30 Å². The van der Waals surface area contributed by atoms with Gasteiger partial charge in [-0.2, -0.15) is 4.98 Å². The lowest BCUT2D eigenvalue weighted by Gasteiger charge is -2.32. The molecule has 21 heavy (non-hydrogen) atoms. The Morgan fingerprint density at radius 1 is 1.33 bits per heavy atom. The summed E-state index contributed by atoms with van der Waals surface area (Å²) >= 11 is 1.63. The second-order valence-corrected chi connectivity index (χ2v) is 6.32. The van der Waals surface area contributed by atoms with Crippen LogP contribution in [0.2, 0.25) is 0 Å². The van der Waals surface area contributed by atoms with Gasteiger partial charge in [0.2, 0.25) is 5.88 Å². The van der Waals surface area contributed by atoms with E-state index in [1.54, 1.807) is 18.4 Å². The molecule has 116 valence electrons. The standard InChI is InChI=1S/C14H23N5OS/c1-17-5-7-18(8-6-17)4-3-15-11-12-13(20-2)16-14-19(12)9-10-21-14/h9-10,15H,3-8,11H2,1-2H3. The molecule has 0 aliphatic carbocycles. The average Bonchev–Trinajstić information content (AvgIpc) is 3.06. The zero-order valence-electron chi connectivity index (χ0n) is 12.7. The lowest BCUT2D eigenvalue weighted by molar-refractivity contribution is 0.154. The Kier molecular flexibility index (Phi) is 4.74. The first kappa shape index (κ1) is 14.8. The number of imidazole rings is 1. The minimum absolute atomic E-state index is 0.731. The number of fused-ring (bicyclic) bond motifs is 1. The molecule has 7 heteroatoms. The van der Waals surface area contributed by atoms with Crippen molar-refractivity contribution in [1.82, 2.24) is 24.5 Å². The smallest absolute Gasteiger partial charge is 0.237 e. The minimum atomic E-state index is 0.731. The van der Waals surface area contributed by atoms with Crippen LogP contribution < -0.4 is 10.1 Å². The van der Waals surface area contributed by atoms with Crippen LogP contribution in [-0.2, 0) is 6.54 Å². The molecule has 0 atom stereocenters. The molecule has 1 fully saturated rings. The fourth-order valence-corrected chi connectivity index (χ4v) is 3.38. The van der Waals surface area contributed by atoms with E-state index in [-0.39, 0.29) is 0 Å². The third-order valence-corrected chi connectivity index (χ3v) is 4.77. The molecule has 3 rings (SSSR count). The molecular weight excluding hydrogens is 286 g/mol. The maximum atomic E-state index is 5.37. The van der Waals surface area contributed by atoms with Gasteiger partial charge < -0.3 is 15.0 Å². The van der Waals surface area contributed by atoms with E-state index in [9.17, 15) is 0 Å². The van der Waals surface area contributed by atoms with Crippen molar-refractivity contribution in [3.8, 4) is 5.88 Å². The largest absolute Gasteiger partial charge is 0.480 e. The summed E-state index contributed by atoms with van der Waals surface area (Å²) in [5.74, 6) is 0.731. The molecule has 3 heterocycles. The predicted octanol–water partition coefficient (Wildman–Crippen LogP) is 0.741. The van der Waals surface area contributed by atoms with E-state index in [0.29, 0.717) is 0 Å². The van der Waals surface area contributed by atoms with Crippen LogP contribution in [0, 0.1) is 0 Å². The topological polar surface area (TPSA) is 45.0 Å². The van der Waals surface area contributed by atoms with E-state index in [4.69, 9.17) is 4.74 Å². The monoisotopic (exact) mass is 309 g/mol. The van der Waals surface area contributed by atoms with Crippen molar-refractivity contribution in [3.63, 3.8) is 0 Å². The molecule has 2 aromatic rings. The lowest BCUT2D eigenvalue weighted by Crippen LogP contribution is -2.46. The molecular formula is C14H23N5OS. The third-order valence-electron chi connectivity index (χ3n) is 4.01. The highest BCUT2D eigenvalue weighted by atomic mass is 32.1. The molecule has 0 bridgehead atoms. The normalized spacial score (nSPS) is 17.6. The van der Waals surface area contributed by atoms with Gasteiger partial charge in [0.15, 0.2) is 4.96 Å². The van der Waals surface area contributed by atoms with Gasteiger partial charge in [-0.05, 0) is 7.05 Å². The second kappa shape index (κ2) is 6.74. The van der Waals surface area contributed by atoms with Crippen LogP contribution in [-0.4, -0.2) is 72.6 Å². The Morgan fingerprint density at radius 2 is 2.14 bits per heavy atom. The molecule has 1 aliphatic rings. The average molecular weight is 309 g/mol. The van der Waals surface area contributed by atoms with Crippen LogP contribution in [0.5, 0.6) is 5.88 Å². The molecule has 0 spiro atoms. The molecule has 0 unspecified atom stereocenters. The third kappa shape index (κ3) is 3.37. The molecule has 0 aromatic carbocycles. The summed E-state index contributed by atoms with van der Waals surface area (Å²) in [5, 5.41) is 5.56. The first-order valence-electron chi connectivity index (χ1n) is 7.38. The number of thiazole rings is 1. The fourth-order valence-electron chi connectivity index (χ4n) is 2.65. The number of aromatic nitrogens is 2. The molecule has 1 N–H and O–H groups in total. The van der Waals surface area contributed by atoms with Gasteiger partial charge in [-0.1, -0.05) is 0 Å². The summed E-state index contributed by atoms with van der Waals surface area (Å²) in [6, 6.07) is 0. The predicted molar refractivity (Wildman–Crippen MR) is 85.3 cm³/mol. The van der Waals surface area contributed by atoms with Gasteiger partial charge in [-0.15, -0.1) is 11.3 Å². The number of hydrogen-bond donors (Lipinski definition) is 1. The van der Waals surface area contributed by atoms with Crippen molar-refractivity contribution in [1.29, 1.82) is 0 Å². The first-order chi connectivity index (χ1) is 10.3. The van der Waals surface area contributed by atoms with Crippen molar-refractivity contribution in [2.75, 3.05) is 53.4 Å². The minimum Gasteiger partial charge on any atom is -0.480 e. The van der Waals surface area contributed by atoms with E-state index in [2.05, 4.69) is 36.9 Å². The molecule has 1 saturated heterocycles. The van der Waals surface area contributed by atoms with Crippen molar-refractivity contribution in [2.45, 2.75) is 6.54 Å². The zero-order chi connectivity index (χ0) is 14.7. The summed E-state index contributed by atoms with van der Waals surface area (Å²) in [6.07, 6.45) is 2.05. The quantitative estimate of drug-likeness (QED) is 0.798. The number of rotatable bonds is 6. The second-order valence-electron chi connectivity index (χ2n) is 5.45. The van der Waals surface area contributed by atoms with Gasteiger partial charge in [0, 0.05) is 57.4 Å². The van der Waals surface area contributed by atoms with Crippen molar-refractivity contribution < 1.29 is 4.74 Å². The van der Waals surface area contributed by atoms with Crippen LogP contribution in [0.4, 0.5) is 0 Å². The van der Waals surface area contributed by atoms with Gasteiger partial charge in [0.05, 0.1) is 7.11 Å². The van der Waals surface area contributed by atoms with E-state index in [1.807, 2.05) is 6.20 Å². The highest BCUT2D eigenvalue weighted by molar-refractivity contribution is 7.15. The van der Waals surface area contributed by atoms with Crippen molar-refractivity contribution >= 4 is 16.3 Å². The Bertz CT molecular complexity index is 573. The van der Waals surface area contributed by atoms with Crippen LogP contribution in [0.3, 0.4) is 0 Å². The number of piperazine rings is 1. The van der Waals surface area contributed by atoms with Crippen LogP contribution in [0.1, 0.15) is 5.69 Å². The fraction of sp³-hybridized carbons (Fsp3) is 0.643. The van der Waals surface area contributed by atoms with Gasteiger partial charge in [0.25, 0.3) is 0 Å². The Labute approximate surface area is 129 Å². The van der Waals surface area contributed by atoms with E-state index >= 15 is 0 Å². The number of likely N-dealkylation sites (N-methyl/N-ethyl adjacent to an activating group) is 1. The van der Waals surface area contributed by atoms with Crippen molar-refractivity contribution in [2.24, 2.45) is 0 Å². The summed E-state index contributed by atoms with van der Waals surface area (Å²) in [6.45, 7) is 7.56.